The van der Waals surface area contributed by atoms with Gasteiger partial charge in [-0.3, -0.25) is 0 Å². The second-order valence-corrected chi connectivity index (χ2v) is 6.83. The van der Waals surface area contributed by atoms with Gasteiger partial charge in [0.25, 0.3) is 0 Å². The second kappa shape index (κ2) is 8.30. The standard InChI is InChI=1S/C21H21FN4O3/c1-28-17-11-9-16(10-12-17)23-21(27)26-13-3-2-4-18(26)20-24-19(25-29-20)14-5-7-15(22)8-6-14/h5-12,18H,2-4,13H2,1H3,(H,23,27)/t18-/m1/s1. The van der Waals surface area contributed by atoms with Crippen LogP contribution in [0.15, 0.2) is 53.1 Å². The predicted molar refractivity (Wildman–Crippen MR) is 105 cm³/mol. The molecule has 2 aromatic carbocycles. The van der Waals surface area contributed by atoms with E-state index in [1.54, 1.807) is 48.4 Å². The number of amides is 2. The third kappa shape index (κ3) is 4.21. The van der Waals surface area contributed by atoms with Crippen LogP contribution in [0.4, 0.5) is 14.9 Å². The van der Waals surface area contributed by atoms with Crippen molar-refractivity contribution in [3.8, 4) is 17.1 Å². The minimum Gasteiger partial charge on any atom is -0.497 e. The lowest BCUT2D eigenvalue weighted by atomic mass is 10.0. The monoisotopic (exact) mass is 396 g/mol. The van der Waals surface area contributed by atoms with Crippen LogP contribution in [0, 0.1) is 5.82 Å². The van der Waals surface area contributed by atoms with E-state index in [1.165, 1.54) is 12.1 Å². The molecular weight excluding hydrogens is 375 g/mol. The highest BCUT2D eigenvalue weighted by Crippen LogP contribution is 2.32. The highest BCUT2D eigenvalue weighted by molar-refractivity contribution is 5.89. The molecule has 150 valence electrons. The average Bonchev–Trinajstić information content (AvgIpc) is 3.25. The van der Waals surface area contributed by atoms with Crippen molar-refractivity contribution in [3.63, 3.8) is 0 Å². The van der Waals surface area contributed by atoms with E-state index in [1.807, 2.05) is 0 Å². The SMILES string of the molecule is COc1ccc(NC(=O)N2CCCC[C@@H]2c2nc(-c3ccc(F)cc3)no2)cc1. The Morgan fingerprint density at radius 1 is 1.17 bits per heavy atom. The zero-order chi connectivity index (χ0) is 20.2. The number of carbonyl (C=O) groups is 1. The highest BCUT2D eigenvalue weighted by atomic mass is 19.1. The zero-order valence-electron chi connectivity index (χ0n) is 16.0. The van der Waals surface area contributed by atoms with E-state index in [0.29, 0.717) is 29.5 Å². The molecule has 29 heavy (non-hydrogen) atoms. The largest absolute Gasteiger partial charge is 0.497 e. The molecule has 4 rings (SSSR count). The number of hydrogen-bond donors (Lipinski definition) is 1. The molecule has 0 saturated carbocycles. The molecule has 1 aliphatic rings. The lowest BCUT2D eigenvalue weighted by molar-refractivity contribution is 0.142. The lowest BCUT2D eigenvalue weighted by Gasteiger charge is -2.33. The summed E-state index contributed by atoms with van der Waals surface area (Å²) in [6.45, 7) is 0.598. The van der Waals surface area contributed by atoms with E-state index in [4.69, 9.17) is 9.26 Å². The number of carbonyl (C=O) groups excluding carboxylic acids is 1. The van der Waals surface area contributed by atoms with E-state index >= 15 is 0 Å². The van der Waals surface area contributed by atoms with Crippen LogP contribution in [0.25, 0.3) is 11.4 Å². The fourth-order valence-corrected chi connectivity index (χ4v) is 3.39. The Morgan fingerprint density at radius 2 is 1.93 bits per heavy atom. The van der Waals surface area contributed by atoms with Gasteiger partial charge in [0.15, 0.2) is 0 Å². The Morgan fingerprint density at radius 3 is 2.66 bits per heavy atom. The van der Waals surface area contributed by atoms with Crippen molar-refractivity contribution >= 4 is 11.7 Å². The smallest absolute Gasteiger partial charge is 0.322 e. The molecule has 2 amide bonds. The van der Waals surface area contributed by atoms with Crippen molar-refractivity contribution in [1.29, 1.82) is 0 Å². The molecule has 1 saturated heterocycles. The molecule has 2 heterocycles. The van der Waals surface area contributed by atoms with Crippen LogP contribution < -0.4 is 10.1 Å². The van der Waals surface area contributed by atoms with E-state index in [2.05, 4.69) is 15.5 Å². The second-order valence-electron chi connectivity index (χ2n) is 6.83. The fraction of sp³-hybridized carbons (Fsp3) is 0.286. The summed E-state index contributed by atoms with van der Waals surface area (Å²) in [6.07, 6.45) is 2.61. The van der Waals surface area contributed by atoms with Gasteiger partial charge >= 0.3 is 6.03 Å². The first-order chi connectivity index (χ1) is 14.1. The van der Waals surface area contributed by atoms with Crippen molar-refractivity contribution in [2.75, 3.05) is 19.0 Å². The lowest BCUT2D eigenvalue weighted by Crippen LogP contribution is -2.41. The molecule has 0 bridgehead atoms. The topological polar surface area (TPSA) is 80.5 Å². The summed E-state index contributed by atoms with van der Waals surface area (Å²) in [5.41, 5.74) is 1.34. The van der Waals surface area contributed by atoms with Crippen molar-refractivity contribution < 1.29 is 18.4 Å². The van der Waals surface area contributed by atoms with Gasteiger partial charge in [0.1, 0.15) is 17.6 Å². The number of piperidine rings is 1. The number of nitrogens with one attached hydrogen (secondary N) is 1. The first-order valence-corrected chi connectivity index (χ1v) is 9.45. The molecule has 0 aliphatic carbocycles. The van der Waals surface area contributed by atoms with Crippen LogP contribution in [0.1, 0.15) is 31.2 Å². The number of methoxy groups -OCH3 is 1. The number of rotatable bonds is 4. The molecular formula is C21H21FN4O3. The van der Waals surface area contributed by atoms with Gasteiger partial charge in [-0.2, -0.15) is 4.98 Å². The van der Waals surface area contributed by atoms with Gasteiger partial charge in [-0.05, 0) is 67.8 Å². The van der Waals surface area contributed by atoms with Gasteiger partial charge in [-0.1, -0.05) is 5.16 Å². The van der Waals surface area contributed by atoms with E-state index in [9.17, 15) is 9.18 Å². The summed E-state index contributed by atoms with van der Waals surface area (Å²) in [5.74, 6) is 1.15. The van der Waals surface area contributed by atoms with Crippen molar-refractivity contribution in [1.82, 2.24) is 15.0 Å². The Hall–Kier alpha value is -3.42. The highest BCUT2D eigenvalue weighted by Gasteiger charge is 2.32. The maximum absolute atomic E-state index is 13.1. The first-order valence-electron chi connectivity index (χ1n) is 9.45. The molecule has 0 radical (unpaired) electrons. The summed E-state index contributed by atoms with van der Waals surface area (Å²) in [5, 5.41) is 6.91. The maximum Gasteiger partial charge on any atom is 0.322 e. The number of hydrogen-bond acceptors (Lipinski definition) is 5. The molecule has 3 aromatic rings. The molecule has 7 nitrogen and oxygen atoms in total. The number of benzene rings is 2. The Balaban J connectivity index is 1.51. The predicted octanol–water partition coefficient (Wildman–Crippen LogP) is 4.64. The summed E-state index contributed by atoms with van der Waals surface area (Å²) >= 11 is 0. The van der Waals surface area contributed by atoms with Crippen LogP contribution in [-0.2, 0) is 0 Å². The van der Waals surface area contributed by atoms with Crippen molar-refractivity contribution in [2.45, 2.75) is 25.3 Å². The molecule has 1 N–H and O–H groups in total. The molecule has 1 aliphatic heterocycles. The number of ether oxygens (including phenoxy) is 1. The van der Waals surface area contributed by atoms with Gasteiger partial charge in [0.2, 0.25) is 11.7 Å². The van der Waals surface area contributed by atoms with Crippen LogP contribution in [-0.4, -0.2) is 34.7 Å². The maximum atomic E-state index is 13.1. The first kappa shape index (κ1) is 18.9. The van der Waals surface area contributed by atoms with Crippen molar-refractivity contribution in [3.05, 3.63) is 60.2 Å². The third-order valence-corrected chi connectivity index (χ3v) is 4.93. The number of urea groups is 1. The summed E-state index contributed by atoms with van der Waals surface area (Å²) < 4.78 is 23.7. The molecule has 0 spiro atoms. The van der Waals surface area contributed by atoms with Crippen LogP contribution in [0.2, 0.25) is 0 Å². The van der Waals surface area contributed by atoms with Gasteiger partial charge in [0, 0.05) is 17.8 Å². The minimum atomic E-state index is -0.328. The van der Waals surface area contributed by atoms with Gasteiger partial charge in [-0.15, -0.1) is 0 Å². The van der Waals surface area contributed by atoms with Crippen LogP contribution in [0.5, 0.6) is 5.75 Å². The number of aromatic nitrogens is 2. The number of halogens is 1. The Labute approximate surface area is 167 Å². The normalized spacial score (nSPS) is 16.5. The van der Waals surface area contributed by atoms with E-state index < -0.39 is 0 Å². The van der Waals surface area contributed by atoms with Gasteiger partial charge in [0.05, 0.1) is 7.11 Å². The minimum absolute atomic E-state index is 0.221. The molecule has 1 fully saturated rings. The van der Waals surface area contributed by atoms with Gasteiger partial charge < -0.3 is 19.5 Å². The van der Waals surface area contributed by atoms with Gasteiger partial charge in [-0.25, -0.2) is 9.18 Å². The molecule has 8 heteroatoms. The quantitative estimate of drug-likeness (QED) is 0.695. The van der Waals surface area contributed by atoms with Crippen LogP contribution in [0.3, 0.4) is 0 Å². The third-order valence-electron chi connectivity index (χ3n) is 4.93. The Kier molecular flexibility index (Phi) is 5.41. The molecule has 1 aromatic heterocycles. The summed E-state index contributed by atoms with van der Waals surface area (Å²) in [6, 6.07) is 12.5. The van der Waals surface area contributed by atoms with Crippen molar-refractivity contribution in [2.24, 2.45) is 0 Å². The summed E-state index contributed by atoms with van der Waals surface area (Å²) in [4.78, 5) is 19.0. The fourth-order valence-electron chi connectivity index (χ4n) is 3.39. The van der Waals surface area contributed by atoms with E-state index in [-0.39, 0.29) is 17.9 Å². The average molecular weight is 396 g/mol. The van der Waals surface area contributed by atoms with Crippen LogP contribution >= 0.6 is 0 Å². The Bertz CT molecular complexity index is 972. The molecule has 0 unspecified atom stereocenters. The molecule has 1 atom stereocenters. The number of anilines is 1. The zero-order valence-corrected chi connectivity index (χ0v) is 16.0. The number of likely N-dealkylation sites (tertiary alicyclic amines) is 1. The number of nitrogens with zero attached hydrogens (tertiary/aromatic N) is 3. The van der Waals surface area contributed by atoms with E-state index in [0.717, 1.165) is 25.0 Å². The summed E-state index contributed by atoms with van der Waals surface area (Å²) in [7, 11) is 1.59.